The van der Waals surface area contributed by atoms with Crippen LogP contribution in [0.25, 0.3) is 0 Å². The molecule has 4 nitrogen and oxygen atoms in total. The molecule has 4 fully saturated rings. The van der Waals surface area contributed by atoms with Crippen molar-refractivity contribution < 1.29 is 14.6 Å². The first-order valence-corrected chi connectivity index (χ1v) is 12.0. The van der Waals surface area contributed by atoms with Crippen molar-refractivity contribution in [2.45, 2.75) is 63.9 Å². The fraction of sp³-hybridized carbons (Fsp3) is 0.731. The van der Waals surface area contributed by atoms with Gasteiger partial charge in [-0.3, -0.25) is 4.79 Å². The van der Waals surface area contributed by atoms with E-state index in [9.17, 15) is 9.90 Å². The molecule has 0 saturated heterocycles. The van der Waals surface area contributed by atoms with Gasteiger partial charge in [-0.2, -0.15) is 0 Å². The summed E-state index contributed by atoms with van der Waals surface area (Å²) < 4.78 is 5.31. The number of fused-ring (bicyclic) bond motifs is 5. The maximum atomic E-state index is 13.0. The van der Waals surface area contributed by atoms with Crippen molar-refractivity contribution in [2.75, 3.05) is 19.0 Å². The Morgan fingerprint density at radius 2 is 1.87 bits per heavy atom. The van der Waals surface area contributed by atoms with E-state index in [2.05, 4.69) is 12.2 Å². The van der Waals surface area contributed by atoms with Gasteiger partial charge in [0.1, 0.15) is 0 Å². The number of nitrogens with one attached hydrogen (secondary N) is 1. The number of benzene rings is 1. The van der Waals surface area contributed by atoms with E-state index in [-0.39, 0.29) is 17.2 Å². The summed E-state index contributed by atoms with van der Waals surface area (Å²) in [5, 5.41) is 14.1. The van der Waals surface area contributed by atoms with Gasteiger partial charge in [0.25, 0.3) is 0 Å². The van der Waals surface area contributed by atoms with Crippen LogP contribution in [0.1, 0.15) is 58.3 Å². The van der Waals surface area contributed by atoms with Gasteiger partial charge in [-0.25, -0.2) is 0 Å². The molecule has 1 aromatic carbocycles. The van der Waals surface area contributed by atoms with E-state index in [1.165, 1.54) is 25.7 Å². The number of carbonyl (C=O) groups excluding carboxylic acids is 1. The number of methoxy groups -OCH3 is 1. The Hall–Kier alpha value is -1.39. The minimum atomic E-state index is -0.608. The van der Waals surface area contributed by atoms with Crippen LogP contribution in [-0.2, 0) is 9.53 Å². The van der Waals surface area contributed by atoms with Crippen molar-refractivity contribution in [3.8, 4) is 0 Å². The zero-order valence-corrected chi connectivity index (χ0v) is 18.5. The molecule has 0 bridgehead atoms. The van der Waals surface area contributed by atoms with E-state index in [0.717, 1.165) is 49.1 Å². The minimum Gasteiger partial charge on any atom is -0.387 e. The number of anilines is 1. The Bertz CT molecular complexity index is 782. The van der Waals surface area contributed by atoms with E-state index in [0.29, 0.717) is 18.4 Å². The monoisotopic (exact) mass is 411 g/mol. The van der Waals surface area contributed by atoms with Crippen LogP contribution < -0.4 is 5.32 Å². The number of amides is 1. The first-order valence-electron chi connectivity index (χ1n) is 12.0. The van der Waals surface area contributed by atoms with Crippen molar-refractivity contribution in [1.82, 2.24) is 0 Å². The second-order valence-corrected chi connectivity index (χ2v) is 11.0. The van der Waals surface area contributed by atoms with Crippen LogP contribution in [0.4, 0.5) is 5.69 Å². The highest BCUT2D eigenvalue weighted by Crippen LogP contribution is 2.67. The van der Waals surface area contributed by atoms with Crippen molar-refractivity contribution in [3.05, 3.63) is 30.3 Å². The average Bonchev–Trinajstić information content (AvgIpc) is 2.71. The molecule has 30 heavy (non-hydrogen) atoms. The summed E-state index contributed by atoms with van der Waals surface area (Å²) in [6, 6.07) is 9.88. The summed E-state index contributed by atoms with van der Waals surface area (Å²) in [6.07, 6.45) is 8.96. The molecule has 1 amide bonds. The minimum absolute atomic E-state index is 0.152. The van der Waals surface area contributed by atoms with Gasteiger partial charge in [0.15, 0.2) is 0 Å². The Morgan fingerprint density at radius 3 is 2.63 bits per heavy atom. The third-order valence-electron chi connectivity index (χ3n) is 9.60. The molecule has 0 aromatic heterocycles. The molecule has 0 heterocycles. The number of hydrogen-bond acceptors (Lipinski definition) is 3. The summed E-state index contributed by atoms with van der Waals surface area (Å²) in [7, 11) is 1.70. The molecular formula is C26H37NO3. The summed E-state index contributed by atoms with van der Waals surface area (Å²) in [4.78, 5) is 13.0. The van der Waals surface area contributed by atoms with Crippen LogP contribution in [-0.4, -0.2) is 30.3 Å². The van der Waals surface area contributed by atoms with Gasteiger partial charge in [-0.1, -0.05) is 25.1 Å². The zero-order chi connectivity index (χ0) is 20.9. The van der Waals surface area contributed by atoms with Crippen LogP contribution in [0.5, 0.6) is 0 Å². The van der Waals surface area contributed by atoms with Crippen LogP contribution in [0, 0.1) is 40.9 Å². The Kier molecular flexibility index (Phi) is 5.22. The van der Waals surface area contributed by atoms with Crippen LogP contribution in [0.2, 0.25) is 0 Å². The van der Waals surface area contributed by atoms with Gasteiger partial charge >= 0.3 is 0 Å². The van der Waals surface area contributed by atoms with Crippen molar-refractivity contribution >= 4 is 11.6 Å². The third kappa shape index (κ3) is 3.31. The highest BCUT2D eigenvalue weighted by Gasteiger charge is 2.62. The van der Waals surface area contributed by atoms with E-state index < -0.39 is 5.60 Å². The summed E-state index contributed by atoms with van der Waals surface area (Å²) in [5.74, 6) is 4.06. The Morgan fingerprint density at radius 1 is 1.10 bits per heavy atom. The van der Waals surface area contributed by atoms with Crippen molar-refractivity contribution in [1.29, 1.82) is 0 Å². The van der Waals surface area contributed by atoms with Crippen molar-refractivity contribution in [2.24, 2.45) is 40.9 Å². The predicted octanol–water partition coefficient (Wildman–Crippen LogP) is 4.88. The summed E-state index contributed by atoms with van der Waals surface area (Å²) >= 11 is 0. The van der Waals surface area contributed by atoms with Crippen LogP contribution >= 0.6 is 0 Å². The molecule has 4 aliphatic carbocycles. The van der Waals surface area contributed by atoms with Crippen molar-refractivity contribution in [3.63, 3.8) is 0 Å². The fourth-order valence-electron chi connectivity index (χ4n) is 8.11. The highest BCUT2D eigenvalue weighted by atomic mass is 16.5. The van der Waals surface area contributed by atoms with E-state index >= 15 is 0 Å². The molecule has 4 aliphatic rings. The molecule has 0 spiro atoms. The largest absolute Gasteiger partial charge is 0.387 e. The van der Waals surface area contributed by atoms with Crippen LogP contribution in [0.15, 0.2) is 30.3 Å². The molecule has 2 N–H and O–H groups in total. The number of hydrogen-bond donors (Lipinski definition) is 2. The predicted molar refractivity (Wildman–Crippen MR) is 118 cm³/mol. The first-order chi connectivity index (χ1) is 14.4. The van der Waals surface area contributed by atoms with Gasteiger partial charge in [0.2, 0.25) is 5.91 Å². The Labute approximate surface area is 180 Å². The Balaban J connectivity index is 1.25. The summed E-state index contributed by atoms with van der Waals surface area (Å²) in [5.41, 5.74) is 0.468. The fourth-order valence-corrected chi connectivity index (χ4v) is 8.11. The highest BCUT2D eigenvalue weighted by molar-refractivity contribution is 5.93. The molecule has 0 aliphatic heterocycles. The SMILES string of the molecule is COC[C@@]1(O)CC[C@H]2[C@H](CC[C@@H]3[C@@H]2CC[C@]2(C)[C@H](C(=O)Nc4ccccc4)C[C@@H]32)C1. The maximum Gasteiger partial charge on any atom is 0.228 e. The molecule has 0 radical (unpaired) electrons. The van der Waals surface area contributed by atoms with Gasteiger partial charge in [0.05, 0.1) is 12.2 Å². The smallest absolute Gasteiger partial charge is 0.228 e. The van der Waals surface area contributed by atoms with E-state index in [4.69, 9.17) is 4.74 Å². The van der Waals surface area contributed by atoms with Gasteiger partial charge < -0.3 is 15.2 Å². The molecule has 4 saturated carbocycles. The van der Waals surface area contributed by atoms with Gasteiger partial charge in [0, 0.05) is 18.7 Å². The summed E-state index contributed by atoms with van der Waals surface area (Å²) in [6.45, 7) is 2.86. The number of para-hydroxylation sites is 1. The number of carbonyl (C=O) groups is 1. The lowest BCUT2D eigenvalue weighted by Gasteiger charge is -2.64. The molecule has 8 atom stereocenters. The second kappa shape index (κ2) is 7.63. The van der Waals surface area contributed by atoms with Crippen LogP contribution in [0.3, 0.4) is 0 Å². The van der Waals surface area contributed by atoms with Gasteiger partial charge in [-0.15, -0.1) is 0 Å². The lowest BCUT2D eigenvalue weighted by Crippen LogP contribution is -2.61. The third-order valence-corrected chi connectivity index (χ3v) is 9.60. The quantitative estimate of drug-likeness (QED) is 0.742. The first kappa shape index (κ1) is 20.5. The molecule has 1 aromatic rings. The number of rotatable bonds is 4. The molecule has 4 heteroatoms. The number of ether oxygens (including phenoxy) is 1. The lowest BCUT2D eigenvalue weighted by atomic mass is 9.40. The maximum absolute atomic E-state index is 13.0. The second-order valence-electron chi connectivity index (χ2n) is 11.0. The zero-order valence-electron chi connectivity index (χ0n) is 18.5. The molecular weight excluding hydrogens is 374 g/mol. The molecule has 0 unspecified atom stereocenters. The molecule has 164 valence electrons. The average molecular weight is 412 g/mol. The van der Waals surface area contributed by atoms with E-state index in [1.54, 1.807) is 7.11 Å². The number of aliphatic hydroxyl groups is 1. The standard InChI is InChI=1S/C26H37NO3/c1-25-12-10-20-19-11-13-26(29,16-30-2)15-17(19)8-9-21(20)22(25)14-23(25)24(28)27-18-6-4-3-5-7-18/h3-7,17,19-23,29H,8-16H2,1-2H3,(H,27,28)/t17-,19+,20-,21-,22+,23+,25+,26-/m1/s1. The molecule has 5 rings (SSSR count). The van der Waals surface area contributed by atoms with Gasteiger partial charge in [-0.05, 0) is 98.5 Å². The lowest BCUT2D eigenvalue weighted by molar-refractivity contribution is -0.178. The topological polar surface area (TPSA) is 58.6 Å². The normalized spacial score (nSPS) is 44.8. The van der Waals surface area contributed by atoms with E-state index in [1.807, 2.05) is 30.3 Å².